The normalized spacial score (nSPS) is 15.1. The molecule has 1 aliphatic rings. The monoisotopic (exact) mass is 541 g/mol. The molecule has 38 heavy (non-hydrogen) atoms. The highest BCUT2D eigenvalue weighted by Crippen LogP contribution is 2.34. The number of fused-ring (bicyclic) bond motifs is 1. The van der Waals surface area contributed by atoms with Gasteiger partial charge in [-0.15, -0.1) is 0 Å². The van der Waals surface area contributed by atoms with Gasteiger partial charge < -0.3 is 20.1 Å². The Labute approximate surface area is 225 Å². The molecule has 0 spiro atoms. The van der Waals surface area contributed by atoms with Crippen LogP contribution in [0.5, 0.6) is 5.75 Å². The maximum atomic E-state index is 13.6. The van der Waals surface area contributed by atoms with Gasteiger partial charge in [-0.2, -0.15) is 0 Å². The van der Waals surface area contributed by atoms with Crippen molar-refractivity contribution in [2.45, 2.75) is 32.3 Å². The number of morpholine rings is 1. The molecule has 11 heteroatoms. The van der Waals surface area contributed by atoms with Crippen molar-refractivity contribution in [1.29, 1.82) is 0 Å². The van der Waals surface area contributed by atoms with Gasteiger partial charge in [-0.05, 0) is 63.6 Å². The number of cyclic esters (lactones) is 1. The quantitative estimate of drug-likeness (QED) is 0.208. The molecule has 1 saturated heterocycles. The third-order valence-electron chi connectivity index (χ3n) is 5.84. The van der Waals surface area contributed by atoms with Crippen molar-refractivity contribution in [2.24, 2.45) is 0 Å². The largest absolute Gasteiger partial charge is 0.491 e. The van der Waals surface area contributed by atoms with Crippen molar-refractivity contribution in [1.82, 2.24) is 14.9 Å². The maximum Gasteiger partial charge on any atom is 0.320 e. The zero-order valence-corrected chi connectivity index (χ0v) is 22.0. The second-order valence-electron chi connectivity index (χ2n) is 9.54. The summed E-state index contributed by atoms with van der Waals surface area (Å²) in [5.41, 5.74) is 1.06. The van der Waals surface area contributed by atoms with Gasteiger partial charge in [-0.3, -0.25) is 14.5 Å². The molecule has 0 radical (unpaired) electrons. The van der Waals surface area contributed by atoms with Crippen molar-refractivity contribution in [3.05, 3.63) is 60.2 Å². The lowest BCUT2D eigenvalue weighted by atomic mass is 10.1. The highest BCUT2D eigenvalue weighted by Gasteiger charge is 2.32. The summed E-state index contributed by atoms with van der Waals surface area (Å²) >= 11 is 5.91. The van der Waals surface area contributed by atoms with Gasteiger partial charge in [0.2, 0.25) is 5.91 Å². The number of unbranched alkanes of at least 4 members (excludes halogenated alkanes) is 1. The minimum atomic E-state index is -0.525. The van der Waals surface area contributed by atoms with Gasteiger partial charge in [0.1, 0.15) is 29.3 Å². The lowest BCUT2D eigenvalue weighted by Crippen LogP contribution is -2.50. The van der Waals surface area contributed by atoms with E-state index in [0.29, 0.717) is 47.0 Å². The molecule has 1 aliphatic heterocycles. The predicted molar refractivity (Wildman–Crippen MR) is 144 cm³/mol. The van der Waals surface area contributed by atoms with Crippen LogP contribution >= 0.6 is 11.6 Å². The van der Waals surface area contributed by atoms with Crippen LogP contribution < -0.4 is 15.4 Å². The van der Waals surface area contributed by atoms with Crippen molar-refractivity contribution in [2.75, 3.05) is 36.9 Å². The third kappa shape index (κ3) is 6.96. The number of hydrogen-bond donors (Lipinski definition) is 2. The van der Waals surface area contributed by atoms with Gasteiger partial charge in [0.05, 0.1) is 29.4 Å². The summed E-state index contributed by atoms with van der Waals surface area (Å²) in [7, 11) is 0. The first-order chi connectivity index (χ1) is 18.1. The molecule has 200 valence electrons. The molecule has 4 rings (SSSR count). The van der Waals surface area contributed by atoms with E-state index in [1.54, 1.807) is 18.2 Å². The van der Waals surface area contributed by atoms with Gasteiger partial charge in [-0.1, -0.05) is 18.2 Å². The minimum Gasteiger partial charge on any atom is -0.491 e. The first-order valence-corrected chi connectivity index (χ1v) is 12.5. The first kappa shape index (κ1) is 27.3. The zero-order chi connectivity index (χ0) is 27.3. The van der Waals surface area contributed by atoms with E-state index in [2.05, 4.69) is 32.1 Å². The summed E-state index contributed by atoms with van der Waals surface area (Å²) in [6.07, 6.45) is 4.12. The van der Waals surface area contributed by atoms with Crippen LogP contribution in [-0.2, 0) is 14.3 Å². The van der Waals surface area contributed by atoms with Crippen molar-refractivity contribution in [3.63, 3.8) is 0 Å². The van der Waals surface area contributed by atoms with Crippen molar-refractivity contribution >= 4 is 51.6 Å². The van der Waals surface area contributed by atoms with Crippen molar-refractivity contribution < 1.29 is 23.5 Å². The lowest BCUT2D eigenvalue weighted by molar-refractivity contribution is -0.169. The number of hydrogen-bond acceptors (Lipinski definition) is 8. The van der Waals surface area contributed by atoms with Crippen molar-refractivity contribution in [3.8, 4) is 5.75 Å². The summed E-state index contributed by atoms with van der Waals surface area (Å²) in [6.45, 7) is 9.43. The topological polar surface area (TPSA) is 106 Å². The number of nitrogens with one attached hydrogen (secondary N) is 2. The SMILES string of the molecule is C=CC(=O)Nc1cc2c(Nc3ccc(F)c(Cl)c3)ncnc2cc1OCCCCN1CC(=O)OC(C)(C)C1. The fourth-order valence-electron chi connectivity index (χ4n) is 4.22. The molecular weight excluding hydrogens is 513 g/mol. The number of rotatable bonds is 10. The Morgan fingerprint density at radius 1 is 1.29 bits per heavy atom. The summed E-state index contributed by atoms with van der Waals surface area (Å²) in [4.78, 5) is 34.7. The lowest BCUT2D eigenvalue weighted by Gasteiger charge is -2.37. The number of carbonyl (C=O) groups excluding carboxylic acids is 2. The minimum absolute atomic E-state index is 0.0214. The fourth-order valence-corrected chi connectivity index (χ4v) is 4.40. The summed E-state index contributed by atoms with van der Waals surface area (Å²) in [5.74, 6) is -0.241. The molecule has 0 bridgehead atoms. The van der Waals surface area contributed by atoms with Gasteiger partial charge in [0.15, 0.2) is 0 Å². The second-order valence-corrected chi connectivity index (χ2v) is 9.94. The Morgan fingerprint density at radius 3 is 2.84 bits per heavy atom. The van der Waals surface area contributed by atoms with E-state index in [1.165, 1.54) is 24.5 Å². The molecule has 2 N–H and O–H groups in total. The van der Waals surface area contributed by atoms with Crippen LogP contribution in [0.3, 0.4) is 0 Å². The Hall–Kier alpha value is -3.76. The zero-order valence-electron chi connectivity index (χ0n) is 21.2. The molecule has 0 saturated carbocycles. The summed E-state index contributed by atoms with van der Waals surface area (Å²) in [5, 5.41) is 6.48. The summed E-state index contributed by atoms with van der Waals surface area (Å²) < 4.78 is 24.9. The average Bonchev–Trinajstić information content (AvgIpc) is 2.85. The van der Waals surface area contributed by atoms with Crippen LogP contribution in [0.4, 0.5) is 21.6 Å². The van der Waals surface area contributed by atoms with Gasteiger partial charge in [0, 0.05) is 23.7 Å². The first-order valence-electron chi connectivity index (χ1n) is 12.1. The number of carbonyl (C=O) groups is 2. The highest BCUT2D eigenvalue weighted by molar-refractivity contribution is 6.31. The molecule has 0 atom stereocenters. The number of aromatic nitrogens is 2. The number of esters is 1. The molecule has 2 heterocycles. The van der Waals surface area contributed by atoms with Crippen LogP contribution in [0.15, 0.2) is 49.3 Å². The van der Waals surface area contributed by atoms with E-state index >= 15 is 0 Å². The standard InChI is InChI=1S/C27H29ClFN5O4/c1-4-24(35)33-22-12-18-21(30-16-31-26(18)32-17-7-8-20(29)19(28)11-17)13-23(22)37-10-6-5-9-34-14-25(36)38-27(2,3)15-34/h4,7-8,11-13,16H,1,5-6,9-10,14-15H2,2-3H3,(H,33,35)(H,30,31,32). The van der Waals surface area contributed by atoms with E-state index in [-0.39, 0.29) is 17.5 Å². The Morgan fingerprint density at radius 2 is 2.11 bits per heavy atom. The molecular formula is C27H29ClFN5O4. The smallest absolute Gasteiger partial charge is 0.320 e. The molecule has 0 aliphatic carbocycles. The molecule has 9 nitrogen and oxygen atoms in total. The molecule has 2 aromatic carbocycles. The second kappa shape index (κ2) is 11.7. The van der Waals surface area contributed by atoms with E-state index in [1.807, 2.05) is 13.8 Å². The maximum absolute atomic E-state index is 13.6. The Kier molecular flexibility index (Phi) is 8.43. The Balaban J connectivity index is 1.47. The number of amides is 1. The molecule has 0 unspecified atom stereocenters. The molecule has 3 aromatic rings. The predicted octanol–water partition coefficient (Wildman–Crippen LogP) is 5.09. The third-order valence-corrected chi connectivity index (χ3v) is 6.13. The van der Waals surface area contributed by atoms with Crippen LogP contribution in [0.2, 0.25) is 5.02 Å². The van der Waals surface area contributed by atoms with Crippen LogP contribution in [0.25, 0.3) is 10.9 Å². The molecule has 1 fully saturated rings. The Bertz CT molecular complexity index is 1370. The molecule has 1 aromatic heterocycles. The van der Waals surface area contributed by atoms with Crippen LogP contribution in [-0.4, -0.2) is 58.6 Å². The van der Waals surface area contributed by atoms with Crippen LogP contribution in [0, 0.1) is 5.82 Å². The number of halogens is 2. The highest BCUT2D eigenvalue weighted by atomic mass is 35.5. The fraction of sp³-hybridized carbons (Fsp3) is 0.333. The van der Waals surface area contributed by atoms with Gasteiger partial charge in [-0.25, -0.2) is 14.4 Å². The van der Waals surface area contributed by atoms with E-state index in [4.69, 9.17) is 21.1 Å². The van der Waals surface area contributed by atoms with Gasteiger partial charge in [0.25, 0.3) is 0 Å². The van der Waals surface area contributed by atoms with E-state index in [9.17, 15) is 14.0 Å². The molecule has 1 amide bonds. The van der Waals surface area contributed by atoms with E-state index in [0.717, 1.165) is 19.4 Å². The number of benzene rings is 2. The number of nitrogens with zero attached hydrogens (tertiary/aromatic N) is 3. The number of anilines is 3. The average molecular weight is 542 g/mol. The number of ether oxygens (including phenoxy) is 2. The van der Waals surface area contributed by atoms with E-state index < -0.39 is 17.3 Å². The summed E-state index contributed by atoms with van der Waals surface area (Å²) in [6, 6.07) is 7.69. The van der Waals surface area contributed by atoms with Crippen LogP contribution in [0.1, 0.15) is 26.7 Å². The van der Waals surface area contributed by atoms with Gasteiger partial charge >= 0.3 is 5.97 Å².